The second kappa shape index (κ2) is 204. The van der Waals surface area contributed by atoms with Crippen LogP contribution in [0.5, 0.6) is 0 Å². The Morgan fingerprint density at radius 1 is 0.571 bits per heavy atom. The summed E-state index contributed by atoms with van der Waals surface area (Å²) in [6.45, 7) is 0. The zero-order chi connectivity index (χ0) is 2.00. The molecule has 0 saturated heterocycles. The summed E-state index contributed by atoms with van der Waals surface area (Å²) in [5, 5.41) is 0. The van der Waals surface area contributed by atoms with Crippen LogP contribution < -0.4 is 0 Å². The van der Waals surface area contributed by atoms with Gasteiger partial charge >= 0.3 is 34.5 Å². The van der Waals surface area contributed by atoms with Gasteiger partial charge in [0.2, 0.25) is 0 Å². The molecule has 0 aromatic heterocycles. The molecule has 0 bridgehead atoms. The van der Waals surface area contributed by atoms with Crippen molar-refractivity contribution >= 4 is 19.8 Å². The van der Waals surface area contributed by atoms with Crippen LogP contribution in [-0.4, -0.2) is 0 Å². The van der Waals surface area contributed by atoms with Crippen LogP contribution in [-0.2, 0) is 14.8 Å². The Hall–Kier alpha value is 1.15. The van der Waals surface area contributed by atoms with Gasteiger partial charge in [-0.3, -0.25) is 0 Å². The summed E-state index contributed by atoms with van der Waals surface area (Å²) >= 11 is 4.40. The number of rotatable bonds is 0. The van der Waals surface area contributed by atoms with Gasteiger partial charge in [-0.15, -0.1) is 0 Å². The van der Waals surface area contributed by atoms with E-state index in [0.29, 0.717) is 0 Å². The van der Waals surface area contributed by atoms with Gasteiger partial charge in [0.25, 0.3) is 0 Å². The van der Waals surface area contributed by atoms with Crippen LogP contribution in [0.1, 0.15) is 0 Å². The summed E-state index contributed by atoms with van der Waals surface area (Å²) in [4.78, 5) is 0. The first-order chi connectivity index (χ1) is 1.00. The van der Waals surface area contributed by atoms with Gasteiger partial charge < -0.3 is 30.8 Å². The Bertz CT molecular complexity index is 8.04. The van der Waals surface area contributed by atoms with Crippen molar-refractivity contribution in [3.63, 3.8) is 0 Å². The molecule has 7 heavy (non-hydrogen) atoms. The molecule has 0 fully saturated rings. The predicted molar refractivity (Wildman–Crippen MR) is 40.4 cm³/mol. The molecule has 0 rings (SSSR count). The maximum absolute atomic E-state index is 2.32. The number of halogens is 1. The first-order valence-electron chi connectivity index (χ1n) is 0.134. The molecule has 0 aliphatic rings. The number of nitrogens with two attached hydrogens (primary N) is 5. The van der Waals surface area contributed by atoms with E-state index in [-0.39, 0.29) is 30.8 Å². The number of hydrogen-bond acceptors (Lipinski definition) is 0. The summed E-state index contributed by atoms with van der Waals surface area (Å²) in [5.74, 6) is 0. The molecule has 0 heterocycles. The van der Waals surface area contributed by atoms with Crippen molar-refractivity contribution in [3.05, 3.63) is 30.8 Å². The van der Waals surface area contributed by atoms with Gasteiger partial charge in [0.1, 0.15) is 0 Å². The van der Waals surface area contributed by atoms with Crippen LogP contribution in [0.3, 0.4) is 0 Å². The third-order valence-corrected chi connectivity index (χ3v) is 0. The summed E-state index contributed by atoms with van der Waals surface area (Å²) in [7, 11) is 0. The number of hydrogen-bond donors (Lipinski definition) is 0. The van der Waals surface area contributed by atoms with Crippen LogP contribution in [0.4, 0.5) is 0 Å². The Labute approximate surface area is 65.2 Å². The molecule has 7 heteroatoms. The van der Waals surface area contributed by atoms with Crippen molar-refractivity contribution in [2.45, 2.75) is 0 Å². The first-order valence-corrected chi connectivity index (χ1v) is 5.30. The molecule has 5 nitrogen and oxygen atoms in total. The van der Waals surface area contributed by atoms with Crippen LogP contribution in [0.25, 0.3) is 30.8 Å². The van der Waals surface area contributed by atoms with Gasteiger partial charge in [-0.2, -0.15) is 0 Å². The van der Waals surface area contributed by atoms with E-state index in [0.717, 1.165) is 0 Å². The molecule has 10 N–H and O–H groups in total. The fraction of sp³-hybridized carbons (Fsp3) is 0. The van der Waals surface area contributed by atoms with E-state index in [1.165, 1.54) is 0 Å². The van der Waals surface area contributed by atoms with Crippen molar-refractivity contribution in [1.82, 2.24) is 0 Å². The van der Waals surface area contributed by atoms with Crippen LogP contribution in [0.2, 0.25) is 0 Å². The van der Waals surface area contributed by atoms with Crippen LogP contribution >= 0.6 is 19.8 Å². The van der Waals surface area contributed by atoms with Crippen LogP contribution in [0.15, 0.2) is 0 Å². The molecule has 0 amide bonds. The Morgan fingerprint density at radius 2 is 0.571 bits per heavy atom. The van der Waals surface area contributed by atoms with Crippen molar-refractivity contribution < 1.29 is 14.8 Å². The third-order valence-electron chi connectivity index (χ3n) is 0. The normalized spacial score (nSPS) is 0.714. The molecule has 53 valence electrons. The molecular weight excluding hydrogens is 298 g/mol. The molecule has 0 aliphatic carbocycles. The maximum atomic E-state index is 2.32. The van der Waals surface area contributed by atoms with E-state index in [4.69, 9.17) is 0 Å². The predicted octanol–water partition coefficient (Wildman–Crippen LogP) is 4.47. The van der Waals surface area contributed by atoms with Gasteiger partial charge in [-0.1, -0.05) is 0 Å². The van der Waals surface area contributed by atoms with E-state index < -0.39 is 0 Å². The minimum atomic E-state index is 0. The van der Waals surface area contributed by atoms with Gasteiger partial charge in [0, 0.05) is 0 Å². The average molecular weight is 308 g/mol. The fourth-order valence-corrected chi connectivity index (χ4v) is 0. The molecule has 0 saturated carbocycles. The van der Waals surface area contributed by atoms with Crippen molar-refractivity contribution in [2.75, 3.05) is 0 Å². The SMILES string of the molecule is [NH2-].[NH2-].[NH2-].[NH2-].[NH2-].[Ru+2][I]. The van der Waals surface area contributed by atoms with E-state index in [2.05, 4.69) is 34.5 Å². The van der Waals surface area contributed by atoms with Gasteiger partial charge in [-0.25, -0.2) is 0 Å². The molecular formula is H10IN5Ru-3. The molecule has 0 aromatic rings. The Balaban J connectivity index is -0.000000000500. The minimum absolute atomic E-state index is 0. The van der Waals surface area contributed by atoms with Gasteiger partial charge in [-0.05, 0) is 0 Å². The van der Waals surface area contributed by atoms with E-state index in [1.54, 1.807) is 0 Å². The molecule has 0 atom stereocenters. The second-order valence-corrected chi connectivity index (χ2v) is 0. The van der Waals surface area contributed by atoms with Crippen LogP contribution in [0, 0.1) is 0 Å². The Kier molecular flexibility index (Phi) is 2620. The topological polar surface area (TPSA) is 168 Å². The monoisotopic (exact) mass is 309 g/mol. The quantitative estimate of drug-likeness (QED) is 0.455. The van der Waals surface area contributed by atoms with Gasteiger partial charge in [0.15, 0.2) is 0 Å². The van der Waals surface area contributed by atoms with E-state index in [1.807, 2.05) is 0 Å². The summed E-state index contributed by atoms with van der Waals surface area (Å²) in [6, 6.07) is 0. The summed E-state index contributed by atoms with van der Waals surface area (Å²) in [5.41, 5.74) is 0. The van der Waals surface area contributed by atoms with Crippen molar-refractivity contribution in [2.24, 2.45) is 0 Å². The zero-order valence-electron chi connectivity index (χ0n) is 3.62. The summed E-state index contributed by atoms with van der Waals surface area (Å²) < 4.78 is 0. The molecule has 0 unspecified atom stereocenters. The zero-order valence-corrected chi connectivity index (χ0v) is 7.51. The third kappa shape index (κ3) is 143. The Morgan fingerprint density at radius 3 is 0.571 bits per heavy atom. The molecule has 0 aromatic carbocycles. The van der Waals surface area contributed by atoms with Crippen molar-refractivity contribution in [1.29, 1.82) is 0 Å². The standard InChI is InChI=1S/HI.5H2N.Ru/h1H;5*1H2;/q;5*-1;+3/p-1. The summed E-state index contributed by atoms with van der Waals surface area (Å²) in [6.07, 6.45) is 0. The van der Waals surface area contributed by atoms with Crippen molar-refractivity contribution in [3.8, 4) is 0 Å². The first kappa shape index (κ1) is 90.0. The molecule has 0 radical (unpaired) electrons. The van der Waals surface area contributed by atoms with E-state index in [9.17, 15) is 0 Å². The molecule has 0 spiro atoms. The van der Waals surface area contributed by atoms with E-state index >= 15 is 0 Å². The molecule has 0 aliphatic heterocycles. The average Bonchev–Trinajstić information content (AvgIpc) is 1.00. The fourth-order valence-electron chi connectivity index (χ4n) is 0. The second-order valence-electron chi connectivity index (χ2n) is 0. The van der Waals surface area contributed by atoms with Gasteiger partial charge in [0.05, 0.1) is 0 Å².